The Morgan fingerprint density at radius 2 is 1.56 bits per heavy atom. The van der Waals surface area contributed by atoms with Gasteiger partial charge in [0.15, 0.2) is 0 Å². The number of piperidine rings is 1. The number of amides is 1. The molecule has 15 heteroatoms. The second-order valence-electron chi connectivity index (χ2n) is 9.33. The van der Waals surface area contributed by atoms with E-state index in [2.05, 4.69) is 23.9 Å². The summed E-state index contributed by atoms with van der Waals surface area (Å²) in [4.78, 5) is 38.5. The molecule has 0 aliphatic carbocycles. The minimum atomic E-state index is -5.08. The molecule has 0 radical (unpaired) electrons. The molecule has 2 aliphatic heterocycles. The van der Waals surface area contributed by atoms with Gasteiger partial charge in [0.1, 0.15) is 0 Å². The van der Waals surface area contributed by atoms with Crippen LogP contribution < -0.4 is 0 Å². The summed E-state index contributed by atoms with van der Waals surface area (Å²) in [5.41, 5.74) is 1.36. The number of carboxylic acid groups (broad SMARTS) is 2. The summed E-state index contributed by atoms with van der Waals surface area (Å²) in [7, 11) is 2.21. The zero-order valence-corrected chi connectivity index (χ0v) is 21.6. The fraction of sp³-hybridized carbons (Fsp3) is 0.667. The van der Waals surface area contributed by atoms with E-state index in [9.17, 15) is 31.1 Å². The first-order valence-electron chi connectivity index (χ1n) is 12.1. The molecule has 1 aromatic rings. The van der Waals surface area contributed by atoms with Crippen molar-refractivity contribution in [2.24, 2.45) is 5.92 Å². The topological polar surface area (TPSA) is 120 Å². The van der Waals surface area contributed by atoms with Gasteiger partial charge < -0.3 is 19.8 Å². The molecule has 2 saturated heterocycles. The first-order valence-corrected chi connectivity index (χ1v) is 12.1. The molecule has 3 rings (SSSR count). The molecule has 1 amide bonds. The molecule has 0 saturated carbocycles. The van der Waals surface area contributed by atoms with Crippen LogP contribution in [0.1, 0.15) is 44.6 Å². The summed E-state index contributed by atoms with van der Waals surface area (Å²) in [6.07, 6.45) is -1.45. The first kappa shape index (κ1) is 34.1. The highest BCUT2D eigenvalue weighted by Gasteiger charge is 2.50. The highest BCUT2D eigenvalue weighted by molar-refractivity contribution is 5.77. The number of alkyl halides is 6. The van der Waals surface area contributed by atoms with Crippen molar-refractivity contribution in [2.75, 3.05) is 33.3 Å². The predicted molar refractivity (Wildman–Crippen MR) is 125 cm³/mol. The standard InChI is InChI=1S/C20H31N3O2.2C2HF3O2/c1-3-4-5-19(24)23-15-20(16-23)12-18(8-11-22(20)2)14-25-13-17-6-9-21-10-7-17;2*3-2(4,5)1(6)7/h6-7,9-10,18H,3-5,8,11-16H2,1-2H3;2*(H,6,7). The Hall–Kier alpha value is -2.94. The number of carbonyl (C=O) groups is 3. The van der Waals surface area contributed by atoms with Crippen molar-refractivity contribution in [1.82, 2.24) is 14.8 Å². The quantitative estimate of drug-likeness (QED) is 0.471. The van der Waals surface area contributed by atoms with Crippen LogP contribution in [-0.2, 0) is 25.7 Å². The number of likely N-dealkylation sites (tertiary alicyclic amines) is 2. The lowest BCUT2D eigenvalue weighted by Crippen LogP contribution is -2.72. The third-order valence-electron chi connectivity index (χ3n) is 6.28. The number of ether oxygens (including phenoxy) is 1. The third kappa shape index (κ3) is 11.8. The molecule has 1 atom stereocenters. The molecular weight excluding hydrogens is 540 g/mol. The van der Waals surface area contributed by atoms with Crippen LogP contribution in [0.5, 0.6) is 0 Å². The molecule has 2 N–H and O–H groups in total. The molecule has 222 valence electrons. The predicted octanol–water partition coefficient (Wildman–Crippen LogP) is 3.98. The fourth-order valence-electron chi connectivity index (χ4n) is 4.07. The Balaban J connectivity index is 0.000000449. The normalized spacial score (nSPS) is 18.7. The van der Waals surface area contributed by atoms with E-state index in [4.69, 9.17) is 24.5 Å². The average molecular weight is 574 g/mol. The number of halogens is 6. The van der Waals surface area contributed by atoms with Gasteiger partial charge in [-0.05, 0) is 56.5 Å². The number of carboxylic acids is 2. The molecule has 1 spiro atoms. The van der Waals surface area contributed by atoms with Gasteiger partial charge in [-0.25, -0.2) is 9.59 Å². The van der Waals surface area contributed by atoms with Crippen molar-refractivity contribution in [2.45, 2.75) is 63.5 Å². The minimum absolute atomic E-state index is 0.185. The molecule has 2 fully saturated rings. The van der Waals surface area contributed by atoms with Gasteiger partial charge in [-0.2, -0.15) is 26.3 Å². The third-order valence-corrected chi connectivity index (χ3v) is 6.28. The first-order chi connectivity index (χ1) is 18.0. The molecular formula is C24H33F6N3O6. The van der Waals surface area contributed by atoms with Gasteiger partial charge >= 0.3 is 24.3 Å². The van der Waals surface area contributed by atoms with Crippen molar-refractivity contribution in [3.8, 4) is 0 Å². The van der Waals surface area contributed by atoms with E-state index in [1.807, 2.05) is 29.4 Å². The lowest BCUT2D eigenvalue weighted by atomic mass is 9.75. The van der Waals surface area contributed by atoms with Crippen LogP contribution in [0.3, 0.4) is 0 Å². The van der Waals surface area contributed by atoms with Crippen molar-refractivity contribution >= 4 is 17.8 Å². The summed E-state index contributed by atoms with van der Waals surface area (Å²) < 4.78 is 69.4. The number of rotatable bonds is 7. The Labute approximate surface area is 221 Å². The van der Waals surface area contributed by atoms with Gasteiger partial charge in [0, 0.05) is 38.5 Å². The molecule has 0 bridgehead atoms. The number of carbonyl (C=O) groups excluding carboxylic acids is 1. The number of hydrogen-bond donors (Lipinski definition) is 2. The van der Waals surface area contributed by atoms with E-state index in [0.29, 0.717) is 24.9 Å². The number of nitrogens with zero attached hydrogens (tertiary/aromatic N) is 3. The maximum absolute atomic E-state index is 12.2. The minimum Gasteiger partial charge on any atom is -0.475 e. The van der Waals surface area contributed by atoms with Crippen LogP contribution in [0, 0.1) is 5.92 Å². The molecule has 1 aromatic heterocycles. The lowest BCUT2D eigenvalue weighted by Gasteiger charge is -2.58. The number of likely N-dealkylation sites (N-methyl/N-ethyl adjacent to an activating group) is 1. The van der Waals surface area contributed by atoms with Crippen LogP contribution in [0.2, 0.25) is 0 Å². The highest BCUT2D eigenvalue weighted by Crippen LogP contribution is 2.38. The second kappa shape index (κ2) is 15.0. The zero-order valence-electron chi connectivity index (χ0n) is 21.6. The SMILES string of the molecule is CCCCC(=O)N1CC2(CC(COCc3ccncc3)CCN2C)C1.O=C(O)C(F)(F)F.O=C(O)C(F)(F)F. The molecule has 1 unspecified atom stereocenters. The van der Waals surface area contributed by atoms with Gasteiger partial charge in [0.2, 0.25) is 5.91 Å². The van der Waals surface area contributed by atoms with Gasteiger partial charge in [0.05, 0.1) is 12.1 Å². The average Bonchev–Trinajstić information content (AvgIpc) is 2.82. The van der Waals surface area contributed by atoms with Gasteiger partial charge in [-0.1, -0.05) is 13.3 Å². The Morgan fingerprint density at radius 3 is 2.03 bits per heavy atom. The van der Waals surface area contributed by atoms with E-state index in [1.165, 1.54) is 12.0 Å². The van der Waals surface area contributed by atoms with Crippen molar-refractivity contribution in [3.05, 3.63) is 30.1 Å². The highest BCUT2D eigenvalue weighted by atomic mass is 19.4. The van der Waals surface area contributed by atoms with Crippen molar-refractivity contribution < 1.29 is 55.7 Å². The molecule has 3 heterocycles. The Bertz CT molecular complexity index is 899. The largest absolute Gasteiger partial charge is 0.490 e. The van der Waals surface area contributed by atoms with E-state index in [-0.39, 0.29) is 5.54 Å². The molecule has 9 nitrogen and oxygen atoms in total. The smallest absolute Gasteiger partial charge is 0.475 e. The number of pyridine rings is 1. The summed E-state index contributed by atoms with van der Waals surface area (Å²) >= 11 is 0. The molecule has 2 aliphatic rings. The molecule has 39 heavy (non-hydrogen) atoms. The summed E-state index contributed by atoms with van der Waals surface area (Å²) in [6.45, 7) is 6.49. The molecule has 0 aromatic carbocycles. The summed E-state index contributed by atoms with van der Waals surface area (Å²) in [6, 6.07) is 4.00. The van der Waals surface area contributed by atoms with Gasteiger partial charge in [0.25, 0.3) is 0 Å². The monoisotopic (exact) mass is 573 g/mol. The maximum Gasteiger partial charge on any atom is 0.490 e. The van der Waals surface area contributed by atoms with Crippen LogP contribution >= 0.6 is 0 Å². The number of aromatic nitrogens is 1. The van der Waals surface area contributed by atoms with Crippen LogP contribution in [0.15, 0.2) is 24.5 Å². The van der Waals surface area contributed by atoms with E-state index >= 15 is 0 Å². The lowest BCUT2D eigenvalue weighted by molar-refractivity contribution is -0.193. The maximum atomic E-state index is 12.2. The number of aliphatic carboxylic acids is 2. The second-order valence-corrected chi connectivity index (χ2v) is 9.33. The van der Waals surface area contributed by atoms with Gasteiger partial charge in [-0.15, -0.1) is 0 Å². The van der Waals surface area contributed by atoms with E-state index in [1.54, 1.807) is 0 Å². The van der Waals surface area contributed by atoms with Gasteiger partial charge in [-0.3, -0.25) is 14.7 Å². The van der Waals surface area contributed by atoms with Crippen molar-refractivity contribution in [1.29, 1.82) is 0 Å². The van der Waals surface area contributed by atoms with Crippen LogP contribution in [-0.4, -0.2) is 94.0 Å². The Morgan fingerprint density at radius 1 is 1.05 bits per heavy atom. The van der Waals surface area contributed by atoms with Crippen molar-refractivity contribution in [3.63, 3.8) is 0 Å². The number of unbranched alkanes of at least 4 members (excludes halogenated alkanes) is 1. The van der Waals surface area contributed by atoms with E-state index < -0.39 is 24.3 Å². The number of hydrogen-bond acceptors (Lipinski definition) is 6. The van der Waals surface area contributed by atoms with E-state index in [0.717, 1.165) is 45.5 Å². The fourth-order valence-corrected chi connectivity index (χ4v) is 4.07. The zero-order chi connectivity index (χ0) is 29.9. The Kier molecular flexibility index (Phi) is 13.1. The summed E-state index contributed by atoms with van der Waals surface area (Å²) in [5, 5.41) is 14.2. The van der Waals surface area contributed by atoms with Crippen LogP contribution in [0.25, 0.3) is 0 Å². The summed E-state index contributed by atoms with van der Waals surface area (Å²) in [5.74, 6) is -4.59. The van der Waals surface area contributed by atoms with Crippen LogP contribution in [0.4, 0.5) is 26.3 Å².